The van der Waals surface area contributed by atoms with Crippen molar-refractivity contribution in [3.05, 3.63) is 94.1 Å². The number of piperazine rings is 1. The van der Waals surface area contributed by atoms with E-state index in [9.17, 15) is 18.0 Å². The number of aromatic amines is 1. The molecule has 6 rings (SSSR count). The number of hydrogen-bond donors (Lipinski definition) is 1. The van der Waals surface area contributed by atoms with Crippen molar-refractivity contribution in [2.45, 2.75) is 50.7 Å². The Balaban J connectivity index is 1.43. The zero-order valence-electron chi connectivity index (χ0n) is 27.1. The number of carbonyl (C=O) groups is 1. The van der Waals surface area contributed by atoms with E-state index in [-0.39, 0.29) is 24.2 Å². The fourth-order valence-corrected chi connectivity index (χ4v) is 8.76. The molecule has 1 N–H and O–H groups in total. The molecule has 10 heteroatoms. The average Bonchev–Trinajstić information content (AvgIpc) is 3.76. The number of carbonyl (C=O) groups excluding carboxylic acids is 1. The summed E-state index contributed by atoms with van der Waals surface area (Å²) in [6.07, 6.45) is 5.09. The Morgan fingerprint density at radius 2 is 1.74 bits per heavy atom. The Morgan fingerprint density at radius 1 is 1.04 bits per heavy atom. The van der Waals surface area contributed by atoms with E-state index in [0.717, 1.165) is 43.0 Å². The van der Waals surface area contributed by atoms with Crippen LogP contribution >= 0.6 is 0 Å². The lowest BCUT2D eigenvalue weighted by Gasteiger charge is -2.34. The Labute approximate surface area is 270 Å². The first-order valence-corrected chi connectivity index (χ1v) is 17.3. The highest BCUT2D eigenvalue weighted by atomic mass is 32.2. The second-order valence-corrected chi connectivity index (χ2v) is 15.0. The number of ether oxygens (including phenoxy) is 1. The van der Waals surface area contributed by atoms with E-state index < -0.39 is 14.8 Å². The molecule has 0 radical (unpaired) electrons. The molecule has 1 aliphatic carbocycles. The van der Waals surface area contributed by atoms with E-state index in [1.165, 1.54) is 11.1 Å². The summed E-state index contributed by atoms with van der Waals surface area (Å²) in [5.74, 6) is 0.271. The molecule has 0 unspecified atom stereocenters. The number of anilines is 1. The number of fused-ring (bicyclic) bond motifs is 1. The molecule has 4 aromatic rings. The molecule has 0 spiro atoms. The summed E-state index contributed by atoms with van der Waals surface area (Å²) >= 11 is 0. The molecule has 46 heavy (non-hydrogen) atoms. The standard InChI is InChI=1S/C36H42N4O5S/c1-6-13-36(14-15-36)46(43,44)40-23-24(2)34-30(32(41)12-11-29-33(45-5)20-25(3)37-35(29)42)21-27(22-31(34)40)26-7-9-28(10-8-26)39-18-16-38(4)17-19-39/h6-10,20-23H,1,11-19H2,2-5H3,(H,37,42). The fourth-order valence-electron chi connectivity index (χ4n) is 6.70. The number of methoxy groups -OCH3 is 1. The minimum atomic E-state index is -3.77. The second-order valence-electron chi connectivity index (χ2n) is 12.8. The van der Waals surface area contributed by atoms with Crippen LogP contribution in [-0.2, 0) is 16.4 Å². The molecule has 1 saturated heterocycles. The van der Waals surface area contributed by atoms with Crippen molar-refractivity contribution in [2.75, 3.05) is 45.2 Å². The Kier molecular flexibility index (Phi) is 8.45. The third-order valence-corrected chi connectivity index (χ3v) is 12.1. The molecule has 3 heterocycles. The van der Waals surface area contributed by atoms with Crippen molar-refractivity contribution < 1.29 is 17.9 Å². The first-order valence-electron chi connectivity index (χ1n) is 15.8. The van der Waals surface area contributed by atoms with Gasteiger partial charge in [0.15, 0.2) is 5.78 Å². The van der Waals surface area contributed by atoms with Gasteiger partial charge in [-0.3, -0.25) is 9.59 Å². The van der Waals surface area contributed by atoms with Crippen molar-refractivity contribution in [1.29, 1.82) is 0 Å². The maximum Gasteiger partial charge on any atom is 0.255 e. The van der Waals surface area contributed by atoms with Gasteiger partial charge in [-0.25, -0.2) is 12.4 Å². The van der Waals surface area contributed by atoms with Crippen molar-refractivity contribution in [3.63, 3.8) is 0 Å². The van der Waals surface area contributed by atoms with Gasteiger partial charge in [-0.1, -0.05) is 18.2 Å². The number of ketones is 1. The summed E-state index contributed by atoms with van der Waals surface area (Å²) in [5.41, 5.74) is 5.22. The van der Waals surface area contributed by atoms with E-state index in [4.69, 9.17) is 4.74 Å². The second kappa shape index (κ2) is 12.2. The number of rotatable bonds is 11. The smallest absolute Gasteiger partial charge is 0.255 e. The van der Waals surface area contributed by atoms with E-state index in [0.29, 0.717) is 58.3 Å². The summed E-state index contributed by atoms with van der Waals surface area (Å²) < 4.78 is 34.2. The van der Waals surface area contributed by atoms with Gasteiger partial charge in [0.1, 0.15) is 5.75 Å². The van der Waals surface area contributed by atoms with Crippen LogP contribution in [0.15, 0.2) is 66.1 Å². The van der Waals surface area contributed by atoms with Crippen LogP contribution in [0, 0.1) is 13.8 Å². The SMILES string of the molecule is C=CCC1(S(=O)(=O)n2cc(C)c3c(C(=O)CCc4c(OC)cc(C)[nH]c4=O)cc(-c4ccc(N5CCN(C)CC5)cc4)cc32)CC1. The van der Waals surface area contributed by atoms with Gasteiger partial charge in [0.2, 0.25) is 10.0 Å². The first kappa shape index (κ1) is 31.8. The van der Waals surface area contributed by atoms with Gasteiger partial charge >= 0.3 is 0 Å². The van der Waals surface area contributed by atoms with Gasteiger partial charge in [0.05, 0.1) is 22.9 Å². The molecule has 2 aromatic heterocycles. The van der Waals surface area contributed by atoms with Crippen LogP contribution in [0.5, 0.6) is 5.75 Å². The zero-order chi connectivity index (χ0) is 32.8. The lowest BCUT2D eigenvalue weighted by Crippen LogP contribution is -2.44. The molecule has 1 saturated carbocycles. The van der Waals surface area contributed by atoms with Gasteiger partial charge in [0.25, 0.3) is 5.56 Å². The predicted octanol–water partition coefficient (Wildman–Crippen LogP) is 5.48. The van der Waals surface area contributed by atoms with Crippen molar-refractivity contribution >= 4 is 32.4 Å². The molecule has 0 amide bonds. The summed E-state index contributed by atoms with van der Waals surface area (Å²) in [6.45, 7) is 11.3. The normalized spacial score (nSPS) is 16.5. The lowest BCUT2D eigenvalue weighted by atomic mass is 9.94. The molecular weight excluding hydrogens is 600 g/mol. The van der Waals surface area contributed by atoms with Crippen LogP contribution in [0.25, 0.3) is 22.0 Å². The third-order valence-electron chi connectivity index (χ3n) is 9.61. The Hall–Kier alpha value is -4.15. The van der Waals surface area contributed by atoms with Crippen LogP contribution in [-0.4, -0.2) is 73.1 Å². The Morgan fingerprint density at radius 3 is 2.37 bits per heavy atom. The molecule has 2 fully saturated rings. The number of nitrogens with zero attached hydrogens (tertiary/aromatic N) is 3. The minimum absolute atomic E-state index is 0.0567. The van der Waals surface area contributed by atoms with E-state index in [1.54, 1.807) is 25.3 Å². The summed E-state index contributed by atoms with van der Waals surface area (Å²) in [4.78, 5) is 34.3. The maximum absolute atomic E-state index is 14.1. The molecule has 2 aromatic carbocycles. The number of H-pyrrole nitrogens is 1. The number of pyridine rings is 1. The largest absolute Gasteiger partial charge is 0.496 e. The molecule has 0 bridgehead atoms. The van der Waals surface area contributed by atoms with E-state index in [2.05, 4.69) is 40.5 Å². The number of nitrogens with one attached hydrogen (secondary N) is 1. The quantitative estimate of drug-likeness (QED) is 0.171. The number of aryl methyl sites for hydroxylation is 2. The maximum atomic E-state index is 14.1. The highest BCUT2D eigenvalue weighted by Gasteiger charge is 2.54. The highest BCUT2D eigenvalue weighted by molar-refractivity contribution is 7.91. The molecule has 0 atom stereocenters. The van der Waals surface area contributed by atoms with Gasteiger partial charge in [-0.2, -0.15) is 0 Å². The van der Waals surface area contributed by atoms with Gasteiger partial charge in [0, 0.05) is 61.1 Å². The van der Waals surface area contributed by atoms with Crippen LogP contribution < -0.4 is 15.2 Å². The first-order chi connectivity index (χ1) is 22.0. The third kappa shape index (κ3) is 5.69. The van der Waals surface area contributed by atoms with Crippen LogP contribution in [0.4, 0.5) is 5.69 Å². The summed E-state index contributed by atoms with van der Waals surface area (Å²) in [7, 11) is -0.138. The zero-order valence-corrected chi connectivity index (χ0v) is 27.9. The molecule has 242 valence electrons. The highest BCUT2D eigenvalue weighted by Crippen LogP contribution is 2.49. The van der Waals surface area contributed by atoms with E-state index >= 15 is 0 Å². The number of aromatic nitrogens is 2. The predicted molar refractivity (Wildman–Crippen MR) is 184 cm³/mol. The summed E-state index contributed by atoms with van der Waals surface area (Å²) in [6, 6.07) is 13.8. The molecule has 2 aliphatic rings. The van der Waals surface area contributed by atoms with Crippen molar-refractivity contribution in [3.8, 4) is 16.9 Å². The van der Waals surface area contributed by atoms with Crippen LogP contribution in [0.3, 0.4) is 0 Å². The number of hydrogen-bond acceptors (Lipinski definition) is 7. The number of likely N-dealkylation sites (N-methyl/N-ethyl adjacent to an activating group) is 1. The van der Waals surface area contributed by atoms with Crippen LogP contribution in [0.2, 0.25) is 0 Å². The van der Waals surface area contributed by atoms with E-state index in [1.807, 2.05) is 31.2 Å². The minimum Gasteiger partial charge on any atom is -0.496 e. The number of benzene rings is 2. The lowest BCUT2D eigenvalue weighted by molar-refractivity contribution is 0.0984. The molecular formula is C36H42N4O5S. The van der Waals surface area contributed by atoms with Gasteiger partial charge < -0.3 is 19.5 Å². The monoisotopic (exact) mass is 642 g/mol. The van der Waals surface area contributed by atoms with Crippen molar-refractivity contribution in [2.24, 2.45) is 0 Å². The number of allylic oxidation sites excluding steroid dienone is 1. The average molecular weight is 643 g/mol. The molecule has 9 nitrogen and oxygen atoms in total. The van der Waals surface area contributed by atoms with Gasteiger partial charge in [-0.15, -0.1) is 6.58 Å². The van der Waals surface area contributed by atoms with Crippen LogP contribution in [0.1, 0.15) is 52.9 Å². The summed E-state index contributed by atoms with van der Waals surface area (Å²) in [5, 5.41) is 0.616. The van der Waals surface area contributed by atoms with Crippen molar-refractivity contribution in [1.82, 2.24) is 13.9 Å². The van der Waals surface area contributed by atoms with Gasteiger partial charge in [-0.05, 0) is 93.6 Å². The molecule has 1 aliphatic heterocycles. The fraction of sp³-hybridized carbons (Fsp3) is 0.389. The topological polar surface area (TPSA) is 105 Å². The Bertz CT molecular complexity index is 1980. The number of Topliss-reactive ketones (excluding diaryl/α,β-unsaturated/α-hetero) is 1.